The molecule has 4 rings (SSSR count). The normalized spacial score (nSPS) is 11.3. The van der Waals surface area contributed by atoms with Crippen molar-refractivity contribution in [3.63, 3.8) is 0 Å². The molecule has 0 fully saturated rings. The van der Waals surface area contributed by atoms with Gasteiger partial charge in [-0.1, -0.05) is 0 Å². The summed E-state index contributed by atoms with van der Waals surface area (Å²) in [5, 5.41) is 8.23. The summed E-state index contributed by atoms with van der Waals surface area (Å²) in [6, 6.07) is 13.3. The van der Waals surface area contributed by atoms with E-state index in [2.05, 4.69) is 19.9 Å². The quantitative estimate of drug-likeness (QED) is 0.436. The molecule has 0 aliphatic rings. The molecule has 0 amide bonds. The first-order chi connectivity index (χ1) is 15.8. The van der Waals surface area contributed by atoms with Gasteiger partial charge in [0.2, 0.25) is 5.88 Å². The first kappa shape index (κ1) is 22.3. The summed E-state index contributed by atoms with van der Waals surface area (Å²) in [6.45, 7) is 5.41. The predicted molar refractivity (Wildman–Crippen MR) is 124 cm³/mol. The number of methoxy groups -OCH3 is 1. The molecule has 0 unspecified atom stereocenters. The average Bonchev–Trinajstić information content (AvgIpc) is 3.22. The van der Waals surface area contributed by atoms with Crippen molar-refractivity contribution in [1.82, 2.24) is 19.7 Å². The number of sulfonamides is 1. The van der Waals surface area contributed by atoms with Crippen LogP contribution in [0.4, 0.5) is 5.69 Å². The van der Waals surface area contributed by atoms with E-state index in [4.69, 9.17) is 9.47 Å². The molecule has 0 spiro atoms. The number of hydrogen-bond donors (Lipinski definition) is 1. The van der Waals surface area contributed by atoms with Crippen molar-refractivity contribution < 1.29 is 17.9 Å². The van der Waals surface area contributed by atoms with E-state index in [9.17, 15) is 8.42 Å². The smallest absolute Gasteiger partial charge is 0.262 e. The van der Waals surface area contributed by atoms with Crippen molar-refractivity contribution in [3.8, 4) is 23.2 Å². The maximum atomic E-state index is 12.9. The van der Waals surface area contributed by atoms with Crippen molar-refractivity contribution in [1.29, 1.82) is 0 Å². The number of anilines is 1. The molecule has 9 nitrogen and oxygen atoms in total. The fourth-order valence-electron chi connectivity index (χ4n) is 3.31. The highest BCUT2D eigenvalue weighted by Gasteiger charge is 2.19. The van der Waals surface area contributed by atoms with Gasteiger partial charge in [-0.25, -0.2) is 13.4 Å². The number of nitrogens with one attached hydrogen (secondary N) is 1. The van der Waals surface area contributed by atoms with E-state index in [-0.39, 0.29) is 4.90 Å². The zero-order chi connectivity index (χ0) is 23.6. The maximum Gasteiger partial charge on any atom is 0.262 e. The number of rotatable bonds is 7. The standard InChI is InChI=1S/C23H23N5O4S/c1-15-14-21(16(2)13-20(15)31-4)33(29,30)27-18-5-7-19(8-6-18)32-23-10-9-22(25-26-23)28-12-11-24-17(28)3/h5-14,27H,1-4H3. The van der Waals surface area contributed by atoms with E-state index in [1.54, 1.807) is 81.9 Å². The maximum absolute atomic E-state index is 12.9. The molecule has 0 aliphatic heterocycles. The van der Waals surface area contributed by atoms with Gasteiger partial charge in [-0.15, -0.1) is 10.2 Å². The van der Waals surface area contributed by atoms with Crippen LogP contribution in [0.2, 0.25) is 0 Å². The lowest BCUT2D eigenvalue weighted by Crippen LogP contribution is -2.14. The van der Waals surface area contributed by atoms with E-state index in [0.717, 1.165) is 11.4 Å². The SMILES string of the molecule is COc1cc(C)c(S(=O)(=O)Nc2ccc(Oc3ccc(-n4ccnc4C)nn3)cc2)cc1C. The lowest BCUT2D eigenvalue weighted by Gasteiger charge is -2.14. The summed E-state index contributed by atoms with van der Waals surface area (Å²) in [6.07, 6.45) is 3.49. The fraction of sp³-hybridized carbons (Fsp3) is 0.174. The van der Waals surface area contributed by atoms with Crippen LogP contribution in [0, 0.1) is 20.8 Å². The van der Waals surface area contributed by atoms with Gasteiger partial charge in [0.1, 0.15) is 17.3 Å². The fourth-order valence-corrected chi connectivity index (χ4v) is 4.68. The summed E-state index contributed by atoms with van der Waals surface area (Å²) in [4.78, 5) is 4.36. The summed E-state index contributed by atoms with van der Waals surface area (Å²) >= 11 is 0. The molecule has 2 heterocycles. The minimum absolute atomic E-state index is 0.199. The molecule has 0 saturated heterocycles. The zero-order valence-corrected chi connectivity index (χ0v) is 19.4. The van der Waals surface area contributed by atoms with E-state index < -0.39 is 10.0 Å². The zero-order valence-electron chi connectivity index (χ0n) is 18.6. The third-order valence-corrected chi connectivity index (χ3v) is 6.53. The third-order valence-electron chi connectivity index (χ3n) is 5.01. The highest BCUT2D eigenvalue weighted by Crippen LogP contribution is 2.28. The lowest BCUT2D eigenvalue weighted by molar-refractivity contribution is 0.411. The van der Waals surface area contributed by atoms with Gasteiger partial charge in [-0.05, 0) is 74.4 Å². The van der Waals surface area contributed by atoms with Gasteiger partial charge in [0.05, 0.1) is 12.0 Å². The first-order valence-corrected chi connectivity index (χ1v) is 11.5. The molecule has 170 valence electrons. The molecule has 0 atom stereocenters. The molecule has 2 aromatic heterocycles. The number of aryl methyl sites for hydroxylation is 3. The Hall–Kier alpha value is -3.92. The monoisotopic (exact) mass is 465 g/mol. The van der Waals surface area contributed by atoms with Crippen molar-refractivity contribution in [3.05, 3.63) is 77.9 Å². The van der Waals surface area contributed by atoms with Crippen LogP contribution in [0.15, 0.2) is 65.8 Å². The van der Waals surface area contributed by atoms with Crippen LogP contribution in [-0.4, -0.2) is 35.3 Å². The van der Waals surface area contributed by atoms with Gasteiger partial charge < -0.3 is 9.47 Å². The Morgan fingerprint density at radius 3 is 2.30 bits per heavy atom. The average molecular weight is 466 g/mol. The molecular weight excluding hydrogens is 442 g/mol. The molecule has 33 heavy (non-hydrogen) atoms. The summed E-state index contributed by atoms with van der Waals surface area (Å²) in [5.41, 5.74) is 1.74. The van der Waals surface area contributed by atoms with Crippen molar-refractivity contribution in [2.45, 2.75) is 25.7 Å². The number of ether oxygens (including phenoxy) is 2. The Morgan fingerprint density at radius 2 is 1.70 bits per heavy atom. The molecule has 1 N–H and O–H groups in total. The van der Waals surface area contributed by atoms with E-state index in [1.165, 1.54) is 0 Å². The van der Waals surface area contributed by atoms with E-state index in [0.29, 0.717) is 34.4 Å². The van der Waals surface area contributed by atoms with Gasteiger partial charge in [0.15, 0.2) is 5.82 Å². The van der Waals surface area contributed by atoms with Crippen LogP contribution in [0.25, 0.3) is 5.82 Å². The summed E-state index contributed by atoms with van der Waals surface area (Å²) in [7, 11) is -2.22. The second-order valence-electron chi connectivity index (χ2n) is 7.39. The number of benzene rings is 2. The van der Waals surface area contributed by atoms with Crippen LogP contribution in [0.3, 0.4) is 0 Å². The highest BCUT2D eigenvalue weighted by molar-refractivity contribution is 7.92. The number of hydrogen-bond acceptors (Lipinski definition) is 7. The molecule has 4 aromatic rings. The first-order valence-electron chi connectivity index (χ1n) is 10.1. The van der Waals surface area contributed by atoms with E-state index >= 15 is 0 Å². The molecule has 0 radical (unpaired) electrons. The van der Waals surface area contributed by atoms with Crippen LogP contribution >= 0.6 is 0 Å². The second-order valence-corrected chi connectivity index (χ2v) is 9.04. The minimum Gasteiger partial charge on any atom is -0.496 e. The Morgan fingerprint density at radius 1 is 0.939 bits per heavy atom. The molecule has 0 saturated carbocycles. The second kappa shape index (κ2) is 8.91. The Labute approximate surface area is 192 Å². The van der Waals surface area contributed by atoms with Crippen molar-refractivity contribution in [2.75, 3.05) is 11.8 Å². The third kappa shape index (κ3) is 4.80. The minimum atomic E-state index is -3.77. The van der Waals surface area contributed by atoms with Crippen molar-refractivity contribution >= 4 is 15.7 Å². The van der Waals surface area contributed by atoms with Crippen LogP contribution in [-0.2, 0) is 10.0 Å². The summed E-state index contributed by atoms with van der Waals surface area (Å²) < 4.78 is 41.2. The number of imidazole rings is 1. The van der Waals surface area contributed by atoms with Gasteiger partial charge in [-0.3, -0.25) is 9.29 Å². The molecule has 0 aliphatic carbocycles. The molecule has 0 bridgehead atoms. The topological polar surface area (TPSA) is 108 Å². The molecular formula is C23H23N5O4S. The van der Waals surface area contributed by atoms with Gasteiger partial charge in [0.25, 0.3) is 10.0 Å². The van der Waals surface area contributed by atoms with Crippen LogP contribution < -0.4 is 14.2 Å². The van der Waals surface area contributed by atoms with Gasteiger partial charge in [-0.2, -0.15) is 0 Å². The molecule has 2 aromatic carbocycles. The van der Waals surface area contributed by atoms with E-state index in [1.807, 2.05) is 11.5 Å². The summed E-state index contributed by atoms with van der Waals surface area (Å²) in [5.74, 6) is 2.89. The Kier molecular flexibility index (Phi) is 6.01. The Balaban J connectivity index is 1.46. The van der Waals surface area contributed by atoms with Crippen molar-refractivity contribution in [2.24, 2.45) is 0 Å². The highest BCUT2D eigenvalue weighted by atomic mass is 32.2. The van der Waals surface area contributed by atoms with Gasteiger partial charge >= 0.3 is 0 Å². The lowest BCUT2D eigenvalue weighted by atomic mass is 10.1. The predicted octanol–water partition coefficient (Wildman–Crippen LogP) is 4.19. The van der Waals surface area contributed by atoms with Gasteiger partial charge in [0, 0.05) is 24.1 Å². The van der Waals surface area contributed by atoms with Crippen LogP contribution in [0.5, 0.6) is 17.4 Å². The molecule has 10 heteroatoms. The number of aromatic nitrogens is 4. The van der Waals surface area contributed by atoms with Crippen LogP contribution in [0.1, 0.15) is 17.0 Å². The largest absolute Gasteiger partial charge is 0.496 e. The number of nitrogens with zero attached hydrogens (tertiary/aromatic N) is 4. The Bertz CT molecular complexity index is 1380.